The van der Waals surface area contributed by atoms with Crippen molar-refractivity contribution < 1.29 is 9.72 Å². The van der Waals surface area contributed by atoms with Crippen LogP contribution in [0.2, 0.25) is 0 Å². The molecule has 38 heavy (non-hydrogen) atoms. The number of thioether (sulfide) groups is 1. The second kappa shape index (κ2) is 11.7. The second-order valence-electron chi connectivity index (χ2n) is 7.65. The van der Waals surface area contributed by atoms with Crippen LogP contribution in [0.4, 0.5) is 16.5 Å². The van der Waals surface area contributed by atoms with E-state index in [1.165, 1.54) is 63.6 Å². The van der Waals surface area contributed by atoms with Gasteiger partial charge in [0.1, 0.15) is 5.01 Å². The van der Waals surface area contributed by atoms with Crippen molar-refractivity contribution in [2.75, 3.05) is 5.32 Å². The van der Waals surface area contributed by atoms with E-state index in [1.807, 2.05) is 32.0 Å². The third kappa shape index (κ3) is 6.42. The van der Waals surface area contributed by atoms with E-state index in [2.05, 4.69) is 30.5 Å². The number of hydrogen-bond donors (Lipinski definition) is 1. The predicted octanol–water partition coefficient (Wildman–Crippen LogP) is 6.84. The first kappa shape index (κ1) is 26.4. The quantitative estimate of drug-likeness (QED) is 0.0835. The Morgan fingerprint density at radius 2 is 2.05 bits per heavy atom. The Hall–Kier alpha value is -3.24. The van der Waals surface area contributed by atoms with E-state index in [1.54, 1.807) is 29.9 Å². The van der Waals surface area contributed by atoms with E-state index >= 15 is 0 Å². The molecular formula is C23H17N7O3S5. The number of thiazole rings is 2. The molecule has 0 saturated heterocycles. The Morgan fingerprint density at radius 3 is 2.79 bits per heavy atom. The first-order valence-electron chi connectivity index (χ1n) is 10.9. The fraction of sp³-hybridized carbons (Fsp3) is 0.130. The van der Waals surface area contributed by atoms with Crippen LogP contribution in [0.3, 0.4) is 0 Å². The maximum Gasteiger partial charge on any atom is 0.283 e. The molecule has 0 aliphatic rings. The number of aromatic nitrogens is 4. The van der Waals surface area contributed by atoms with Crippen LogP contribution in [0.5, 0.6) is 0 Å². The maximum atomic E-state index is 12.4. The minimum absolute atomic E-state index is 0.0144. The lowest BCUT2D eigenvalue weighted by atomic mass is 10.2. The number of benzene rings is 2. The lowest BCUT2D eigenvalue weighted by Crippen LogP contribution is -2.22. The van der Waals surface area contributed by atoms with Crippen LogP contribution in [0.15, 0.2) is 66.5 Å². The van der Waals surface area contributed by atoms with Gasteiger partial charge in [-0.05, 0) is 43.7 Å². The Balaban J connectivity index is 1.28. The van der Waals surface area contributed by atoms with E-state index in [0.717, 1.165) is 19.6 Å². The summed E-state index contributed by atoms with van der Waals surface area (Å²) in [5, 5.41) is 25.3. The largest absolute Gasteiger partial charge is 0.301 e. The molecule has 0 radical (unpaired) electrons. The molecule has 1 N–H and O–H groups in total. The molecule has 0 aliphatic carbocycles. The predicted molar refractivity (Wildman–Crippen MR) is 155 cm³/mol. The van der Waals surface area contributed by atoms with E-state index in [-0.39, 0.29) is 16.8 Å². The molecule has 3 aromatic heterocycles. The lowest BCUT2D eigenvalue weighted by molar-refractivity contribution is -0.387. The number of carbonyl (C=O) groups is 1. The smallest absolute Gasteiger partial charge is 0.283 e. The molecule has 1 atom stereocenters. The zero-order chi connectivity index (χ0) is 26.6. The van der Waals surface area contributed by atoms with Crippen molar-refractivity contribution in [2.45, 2.75) is 32.7 Å². The molecule has 0 unspecified atom stereocenters. The van der Waals surface area contributed by atoms with Gasteiger partial charge in [-0.15, -0.1) is 32.9 Å². The number of anilines is 1. The highest BCUT2D eigenvalue weighted by atomic mass is 32.2. The van der Waals surface area contributed by atoms with Crippen molar-refractivity contribution >= 4 is 96.4 Å². The van der Waals surface area contributed by atoms with Gasteiger partial charge in [0.2, 0.25) is 5.91 Å². The number of carbonyl (C=O) groups excluding carboxylic acids is 1. The van der Waals surface area contributed by atoms with Crippen molar-refractivity contribution in [2.24, 2.45) is 4.99 Å². The number of hydrogen-bond acceptors (Lipinski definition) is 13. The standard InChI is InChI=1S/C23H17N7O3S5/c1-12(20(31)27-21-24-7-8-34-21)35-22-26-16-5-4-15(10-19(16)38-22)25-11-14-3-6-18(17(9-14)30(32)33)37-23-29-28-13(2)36-23/h3-12H,1-2H3,(H,24,27,31)/t12-/m0/s1. The summed E-state index contributed by atoms with van der Waals surface area (Å²) in [6.45, 7) is 3.66. The fourth-order valence-electron chi connectivity index (χ4n) is 3.13. The Labute approximate surface area is 236 Å². The van der Waals surface area contributed by atoms with Crippen LogP contribution < -0.4 is 5.32 Å². The van der Waals surface area contributed by atoms with Crippen LogP contribution in [-0.4, -0.2) is 42.5 Å². The normalized spacial score (nSPS) is 12.3. The minimum Gasteiger partial charge on any atom is -0.301 e. The number of amides is 1. The number of nitro benzene ring substituents is 1. The van der Waals surface area contributed by atoms with E-state index in [9.17, 15) is 14.9 Å². The van der Waals surface area contributed by atoms with E-state index < -0.39 is 4.92 Å². The summed E-state index contributed by atoms with van der Waals surface area (Å²) in [4.78, 5) is 37.4. The van der Waals surface area contributed by atoms with Gasteiger partial charge in [-0.2, -0.15) is 0 Å². The Kier molecular flexibility index (Phi) is 8.09. The van der Waals surface area contributed by atoms with Crippen LogP contribution in [-0.2, 0) is 4.79 Å². The highest BCUT2D eigenvalue weighted by Crippen LogP contribution is 2.37. The number of fused-ring (bicyclic) bond motifs is 1. The average Bonchev–Trinajstić information content (AvgIpc) is 3.64. The Morgan fingerprint density at radius 1 is 1.18 bits per heavy atom. The zero-order valence-corrected chi connectivity index (χ0v) is 23.8. The minimum atomic E-state index is -0.408. The van der Waals surface area contributed by atoms with Crippen LogP contribution in [0.25, 0.3) is 10.2 Å². The van der Waals surface area contributed by atoms with E-state index in [4.69, 9.17) is 0 Å². The van der Waals surface area contributed by atoms with Gasteiger partial charge in [-0.1, -0.05) is 40.9 Å². The van der Waals surface area contributed by atoms with Gasteiger partial charge in [-0.3, -0.25) is 19.9 Å². The molecule has 1 amide bonds. The number of rotatable bonds is 9. The molecule has 3 heterocycles. The molecular weight excluding hydrogens is 583 g/mol. The molecule has 15 heteroatoms. The number of aryl methyl sites for hydroxylation is 1. The fourth-order valence-corrected chi connectivity index (χ4v) is 7.76. The van der Waals surface area contributed by atoms with Gasteiger partial charge in [0, 0.05) is 23.9 Å². The van der Waals surface area contributed by atoms with Crippen LogP contribution in [0.1, 0.15) is 17.5 Å². The van der Waals surface area contributed by atoms with Gasteiger partial charge in [-0.25, -0.2) is 9.97 Å². The summed E-state index contributed by atoms with van der Waals surface area (Å²) in [5.41, 5.74) is 2.10. The summed E-state index contributed by atoms with van der Waals surface area (Å²) in [6, 6.07) is 10.6. The molecule has 5 aromatic rings. The molecule has 0 spiro atoms. The SMILES string of the molecule is Cc1nnc(Sc2ccc(C=Nc3ccc4nc(S[C@@H](C)C(=O)Nc5nccs5)sc4c3)cc2[N+](=O)[O-])s1. The van der Waals surface area contributed by atoms with Gasteiger partial charge in [0.05, 0.1) is 31.0 Å². The van der Waals surface area contributed by atoms with Gasteiger partial charge < -0.3 is 5.32 Å². The first-order valence-corrected chi connectivity index (χ1v) is 15.1. The van der Waals surface area contributed by atoms with Gasteiger partial charge in [0.25, 0.3) is 5.69 Å². The lowest BCUT2D eigenvalue weighted by Gasteiger charge is -2.07. The number of aliphatic imine (C=N–C) groups is 1. The van der Waals surface area contributed by atoms with Crippen molar-refractivity contribution in [3.8, 4) is 0 Å². The molecule has 0 saturated carbocycles. The van der Waals surface area contributed by atoms with Crippen molar-refractivity contribution in [1.82, 2.24) is 20.2 Å². The average molecular weight is 600 g/mol. The number of nitro groups is 1. The van der Waals surface area contributed by atoms with Crippen molar-refractivity contribution in [3.05, 3.63) is 68.7 Å². The third-order valence-electron chi connectivity index (χ3n) is 4.91. The summed E-state index contributed by atoms with van der Waals surface area (Å²) in [7, 11) is 0. The zero-order valence-electron chi connectivity index (χ0n) is 19.7. The summed E-state index contributed by atoms with van der Waals surface area (Å²) < 4.78 is 2.36. The molecule has 5 rings (SSSR count). The Bertz CT molecular complexity index is 1650. The van der Waals surface area contributed by atoms with Crippen LogP contribution >= 0.6 is 57.5 Å². The third-order valence-corrected chi connectivity index (χ3v) is 9.76. The topological polar surface area (TPSA) is 136 Å². The number of nitrogens with one attached hydrogen (secondary N) is 1. The monoisotopic (exact) mass is 599 g/mol. The molecule has 0 aliphatic heterocycles. The van der Waals surface area contributed by atoms with Crippen molar-refractivity contribution in [1.29, 1.82) is 0 Å². The maximum absolute atomic E-state index is 12.4. The molecule has 0 bridgehead atoms. The van der Waals surface area contributed by atoms with Gasteiger partial charge in [0.15, 0.2) is 13.8 Å². The summed E-state index contributed by atoms with van der Waals surface area (Å²) >= 11 is 6.84. The first-order chi connectivity index (χ1) is 18.3. The second-order valence-corrected chi connectivity index (χ2v) is 13.6. The summed E-state index contributed by atoms with van der Waals surface area (Å²) in [6.07, 6.45) is 3.24. The number of nitrogens with zero attached hydrogens (tertiary/aromatic N) is 6. The molecule has 2 aromatic carbocycles. The summed E-state index contributed by atoms with van der Waals surface area (Å²) in [5.74, 6) is -0.133. The molecule has 10 nitrogen and oxygen atoms in total. The molecule has 0 fully saturated rings. The van der Waals surface area contributed by atoms with Gasteiger partial charge >= 0.3 is 0 Å². The van der Waals surface area contributed by atoms with Crippen molar-refractivity contribution in [3.63, 3.8) is 0 Å². The van der Waals surface area contributed by atoms with Crippen LogP contribution in [0, 0.1) is 17.0 Å². The molecule has 192 valence electrons. The highest BCUT2D eigenvalue weighted by molar-refractivity contribution is 8.02. The highest BCUT2D eigenvalue weighted by Gasteiger charge is 2.19. The van der Waals surface area contributed by atoms with E-state index in [0.29, 0.717) is 25.6 Å².